The molecule has 2 heteroatoms. The lowest BCUT2D eigenvalue weighted by atomic mass is 9.74. The molecule has 4 atom stereocenters. The van der Waals surface area contributed by atoms with Crippen LogP contribution in [0.15, 0.2) is 12.2 Å². The SMILES string of the molecule is C[C@H]1[C@@H]2C=C[C@@H](O2)C(C)(C)[C@@H]1O. The molecule has 1 N–H and O–H groups in total. The van der Waals surface area contributed by atoms with Gasteiger partial charge in [-0.3, -0.25) is 0 Å². The monoisotopic (exact) mass is 168 g/mol. The lowest BCUT2D eigenvalue weighted by Crippen LogP contribution is -2.51. The van der Waals surface area contributed by atoms with E-state index in [-0.39, 0.29) is 29.6 Å². The van der Waals surface area contributed by atoms with E-state index in [1.165, 1.54) is 0 Å². The van der Waals surface area contributed by atoms with Gasteiger partial charge in [0, 0.05) is 11.3 Å². The number of aliphatic hydroxyl groups excluding tert-OH is 1. The Bertz CT molecular complexity index is 220. The van der Waals surface area contributed by atoms with E-state index in [1.807, 2.05) is 6.92 Å². The molecule has 0 amide bonds. The topological polar surface area (TPSA) is 29.5 Å². The van der Waals surface area contributed by atoms with Gasteiger partial charge < -0.3 is 9.84 Å². The van der Waals surface area contributed by atoms with Gasteiger partial charge in [-0.15, -0.1) is 0 Å². The van der Waals surface area contributed by atoms with E-state index in [0.29, 0.717) is 0 Å². The van der Waals surface area contributed by atoms with Gasteiger partial charge in [0.1, 0.15) is 0 Å². The molecule has 12 heavy (non-hydrogen) atoms. The van der Waals surface area contributed by atoms with Crippen molar-refractivity contribution in [2.75, 3.05) is 0 Å². The number of hydrogen-bond acceptors (Lipinski definition) is 2. The Labute approximate surface area is 73.2 Å². The highest BCUT2D eigenvalue weighted by atomic mass is 16.5. The molecule has 2 aliphatic heterocycles. The minimum atomic E-state index is -0.253. The lowest BCUT2D eigenvalue weighted by Gasteiger charge is -2.44. The second kappa shape index (κ2) is 2.33. The highest BCUT2D eigenvalue weighted by Crippen LogP contribution is 2.43. The molecule has 0 unspecified atom stereocenters. The number of aliphatic hydroxyl groups is 1. The molecular formula is C10H16O2. The first kappa shape index (κ1) is 8.27. The Morgan fingerprint density at radius 2 is 2.00 bits per heavy atom. The summed E-state index contributed by atoms with van der Waals surface area (Å²) in [4.78, 5) is 0. The van der Waals surface area contributed by atoms with Crippen molar-refractivity contribution in [3.8, 4) is 0 Å². The van der Waals surface area contributed by atoms with E-state index >= 15 is 0 Å². The van der Waals surface area contributed by atoms with E-state index in [0.717, 1.165) is 0 Å². The first-order chi connectivity index (χ1) is 5.53. The van der Waals surface area contributed by atoms with Crippen LogP contribution in [0.25, 0.3) is 0 Å². The molecule has 0 spiro atoms. The Morgan fingerprint density at radius 3 is 2.67 bits per heavy atom. The predicted octanol–water partition coefficient (Wildman–Crippen LogP) is 1.35. The zero-order chi connectivity index (χ0) is 8.93. The molecule has 0 saturated carbocycles. The van der Waals surface area contributed by atoms with Crippen LogP contribution in [-0.4, -0.2) is 23.4 Å². The van der Waals surface area contributed by atoms with Crippen molar-refractivity contribution in [3.05, 3.63) is 12.2 Å². The molecule has 0 aromatic rings. The fraction of sp³-hybridized carbons (Fsp3) is 0.800. The minimum absolute atomic E-state index is 0.105. The molecule has 1 saturated heterocycles. The molecule has 68 valence electrons. The van der Waals surface area contributed by atoms with Crippen molar-refractivity contribution >= 4 is 0 Å². The van der Waals surface area contributed by atoms with Gasteiger partial charge in [0.2, 0.25) is 0 Å². The van der Waals surface area contributed by atoms with Crippen LogP contribution in [0.3, 0.4) is 0 Å². The molecule has 0 aliphatic carbocycles. The number of rotatable bonds is 0. The van der Waals surface area contributed by atoms with Crippen LogP contribution in [0.1, 0.15) is 20.8 Å². The molecule has 2 bridgehead atoms. The second-order valence-corrected chi connectivity index (χ2v) is 4.53. The van der Waals surface area contributed by atoms with Crippen molar-refractivity contribution in [1.82, 2.24) is 0 Å². The van der Waals surface area contributed by atoms with Gasteiger partial charge in [-0.25, -0.2) is 0 Å². The number of ether oxygens (including phenoxy) is 1. The molecule has 2 rings (SSSR count). The van der Waals surface area contributed by atoms with Crippen LogP contribution in [0.5, 0.6) is 0 Å². The van der Waals surface area contributed by atoms with E-state index in [4.69, 9.17) is 4.74 Å². The highest BCUT2D eigenvalue weighted by Gasteiger charge is 2.49. The fourth-order valence-corrected chi connectivity index (χ4v) is 2.22. The van der Waals surface area contributed by atoms with E-state index in [1.54, 1.807) is 0 Å². The van der Waals surface area contributed by atoms with Crippen molar-refractivity contribution in [2.45, 2.75) is 39.1 Å². The molecule has 1 fully saturated rings. The van der Waals surface area contributed by atoms with Crippen molar-refractivity contribution < 1.29 is 9.84 Å². The first-order valence-electron chi connectivity index (χ1n) is 4.55. The van der Waals surface area contributed by atoms with E-state index in [2.05, 4.69) is 26.0 Å². The summed E-state index contributed by atoms with van der Waals surface area (Å²) in [5, 5.41) is 9.97. The summed E-state index contributed by atoms with van der Waals surface area (Å²) in [7, 11) is 0. The van der Waals surface area contributed by atoms with Gasteiger partial charge in [-0.05, 0) is 0 Å². The average Bonchev–Trinajstić information content (AvgIpc) is 2.46. The third-order valence-corrected chi connectivity index (χ3v) is 3.29. The normalized spacial score (nSPS) is 49.7. The second-order valence-electron chi connectivity index (χ2n) is 4.53. The molecule has 0 radical (unpaired) electrons. The van der Waals surface area contributed by atoms with Crippen LogP contribution in [0.4, 0.5) is 0 Å². The van der Waals surface area contributed by atoms with Gasteiger partial charge in [0.05, 0.1) is 18.3 Å². The standard InChI is InChI=1S/C10H16O2/c1-6-7-4-5-8(12-7)10(2,3)9(6)11/h4-9,11H,1-3H3/t6-,7-,8+,9+/m0/s1. The smallest absolute Gasteiger partial charge is 0.0840 e. The third-order valence-electron chi connectivity index (χ3n) is 3.29. The maximum absolute atomic E-state index is 9.97. The first-order valence-corrected chi connectivity index (χ1v) is 4.55. The van der Waals surface area contributed by atoms with Crippen LogP contribution < -0.4 is 0 Å². The Kier molecular flexibility index (Phi) is 1.61. The highest BCUT2D eigenvalue weighted by molar-refractivity contribution is 5.15. The van der Waals surface area contributed by atoms with Gasteiger partial charge in [0.25, 0.3) is 0 Å². The molecular weight excluding hydrogens is 152 g/mol. The molecule has 0 aromatic carbocycles. The average molecular weight is 168 g/mol. The van der Waals surface area contributed by atoms with E-state index in [9.17, 15) is 5.11 Å². The Balaban J connectivity index is 2.32. The van der Waals surface area contributed by atoms with Crippen molar-refractivity contribution in [1.29, 1.82) is 0 Å². The predicted molar refractivity (Wildman–Crippen MR) is 46.8 cm³/mol. The summed E-state index contributed by atoms with van der Waals surface area (Å²) in [5.41, 5.74) is -0.136. The maximum Gasteiger partial charge on any atom is 0.0840 e. The van der Waals surface area contributed by atoms with Gasteiger partial charge in [-0.1, -0.05) is 32.9 Å². The van der Waals surface area contributed by atoms with Crippen LogP contribution in [-0.2, 0) is 4.74 Å². The van der Waals surface area contributed by atoms with Crippen LogP contribution >= 0.6 is 0 Å². The lowest BCUT2D eigenvalue weighted by molar-refractivity contribution is -0.160. The zero-order valence-electron chi connectivity index (χ0n) is 7.82. The summed E-state index contributed by atoms with van der Waals surface area (Å²) in [6, 6.07) is 0. The van der Waals surface area contributed by atoms with E-state index < -0.39 is 0 Å². The molecule has 2 nitrogen and oxygen atoms in total. The van der Waals surface area contributed by atoms with Crippen molar-refractivity contribution in [3.63, 3.8) is 0 Å². The summed E-state index contributed by atoms with van der Waals surface area (Å²) in [6.07, 6.45) is 4.15. The van der Waals surface area contributed by atoms with Gasteiger partial charge >= 0.3 is 0 Å². The number of fused-ring (bicyclic) bond motifs is 2. The Hall–Kier alpha value is -0.340. The van der Waals surface area contributed by atoms with Crippen LogP contribution in [0, 0.1) is 11.3 Å². The summed E-state index contributed by atoms with van der Waals surface area (Å²) < 4.78 is 5.72. The quantitative estimate of drug-likeness (QED) is 0.553. The molecule has 0 aromatic heterocycles. The number of hydrogen-bond donors (Lipinski definition) is 1. The van der Waals surface area contributed by atoms with Gasteiger partial charge in [0.15, 0.2) is 0 Å². The summed E-state index contributed by atoms with van der Waals surface area (Å²) in [5.74, 6) is 0.218. The maximum atomic E-state index is 9.97. The van der Waals surface area contributed by atoms with Gasteiger partial charge in [-0.2, -0.15) is 0 Å². The summed E-state index contributed by atoms with van der Waals surface area (Å²) >= 11 is 0. The Morgan fingerprint density at radius 1 is 1.33 bits per heavy atom. The third kappa shape index (κ3) is 0.882. The molecule has 2 heterocycles. The molecule has 2 aliphatic rings. The largest absolute Gasteiger partial charge is 0.392 e. The zero-order valence-corrected chi connectivity index (χ0v) is 7.82. The van der Waals surface area contributed by atoms with Crippen molar-refractivity contribution in [2.24, 2.45) is 11.3 Å². The fourth-order valence-electron chi connectivity index (χ4n) is 2.22. The summed E-state index contributed by atoms with van der Waals surface area (Å²) in [6.45, 7) is 6.17. The minimum Gasteiger partial charge on any atom is -0.392 e. The van der Waals surface area contributed by atoms with Crippen LogP contribution in [0.2, 0.25) is 0 Å².